The van der Waals surface area contributed by atoms with E-state index in [1.54, 1.807) is 18.5 Å². The summed E-state index contributed by atoms with van der Waals surface area (Å²) in [7, 11) is 0. The number of aromatic nitrogens is 6. The van der Waals surface area contributed by atoms with Crippen molar-refractivity contribution in [1.82, 2.24) is 29.8 Å². The Morgan fingerprint density at radius 3 is 2.87 bits per heavy atom. The number of nitrogens with zero attached hydrogens (tertiary/aromatic N) is 6. The van der Waals surface area contributed by atoms with Gasteiger partial charge in [-0.2, -0.15) is 4.80 Å². The molecular formula is C15H17N7O. The fraction of sp³-hybridized carbons (Fsp3) is 0.267. The van der Waals surface area contributed by atoms with Crippen LogP contribution in [0.15, 0.2) is 42.9 Å². The third kappa shape index (κ3) is 3.60. The first-order chi connectivity index (χ1) is 11.3. The van der Waals surface area contributed by atoms with E-state index in [0.29, 0.717) is 18.8 Å². The molecule has 0 bridgehead atoms. The highest BCUT2D eigenvalue weighted by Crippen LogP contribution is 2.09. The molecular weight excluding hydrogens is 294 g/mol. The summed E-state index contributed by atoms with van der Waals surface area (Å²) in [5.74, 6) is -0.0554. The van der Waals surface area contributed by atoms with Crippen molar-refractivity contribution in [2.24, 2.45) is 0 Å². The zero-order chi connectivity index (χ0) is 16.1. The lowest BCUT2D eigenvalue weighted by Gasteiger charge is -2.08. The highest BCUT2D eigenvalue weighted by atomic mass is 16.2. The Labute approximate surface area is 133 Å². The van der Waals surface area contributed by atoms with Crippen molar-refractivity contribution >= 4 is 11.9 Å². The van der Waals surface area contributed by atoms with Gasteiger partial charge >= 0.3 is 0 Å². The standard InChI is InChI=1S/C15H17N7O/c1-2-9-22-19-15(18-20-22)17-14(23)13-4-3-10-21(13)11-12-5-7-16-8-6-12/h3-8,10H,2,9,11H2,1H3,(H,17,19,23). The van der Waals surface area contributed by atoms with Gasteiger partial charge in [0.2, 0.25) is 0 Å². The Balaban J connectivity index is 1.71. The maximum absolute atomic E-state index is 12.4. The number of hydrogen-bond acceptors (Lipinski definition) is 5. The van der Waals surface area contributed by atoms with Crippen LogP contribution in [-0.4, -0.2) is 35.7 Å². The fourth-order valence-electron chi connectivity index (χ4n) is 2.20. The maximum Gasteiger partial charge on any atom is 0.274 e. The highest BCUT2D eigenvalue weighted by Gasteiger charge is 2.14. The normalized spacial score (nSPS) is 10.7. The van der Waals surface area contributed by atoms with E-state index < -0.39 is 0 Å². The summed E-state index contributed by atoms with van der Waals surface area (Å²) in [5.41, 5.74) is 1.60. The molecule has 3 aromatic heterocycles. The lowest BCUT2D eigenvalue weighted by Crippen LogP contribution is -2.18. The molecule has 0 aliphatic rings. The minimum absolute atomic E-state index is 0.208. The first kappa shape index (κ1) is 14.9. The van der Waals surface area contributed by atoms with E-state index in [0.717, 1.165) is 12.0 Å². The van der Waals surface area contributed by atoms with Gasteiger partial charge in [-0.3, -0.25) is 15.1 Å². The predicted octanol–water partition coefficient (Wildman–Crippen LogP) is 1.58. The molecule has 8 heteroatoms. The van der Waals surface area contributed by atoms with Crippen LogP contribution in [0.1, 0.15) is 29.4 Å². The minimum Gasteiger partial charge on any atom is -0.339 e. The Morgan fingerprint density at radius 2 is 2.09 bits per heavy atom. The van der Waals surface area contributed by atoms with E-state index in [-0.39, 0.29) is 11.9 Å². The van der Waals surface area contributed by atoms with Crippen molar-refractivity contribution in [2.75, 3.05) is 5.32 Å². The van der Waals surface area contributed by atoms with Crippen molar-refractivity contribution in [2.45, 2.75) is 26.4 Å². The maximum atomic E-state index is 12.4. The first-order valence-corrected chi connectivity index (χ1v) is 7.39. The van der Waals surface area contributed by atoms with E-state index >= 15 is 0 Å². The van der Waals surface area contributed by atoms with Crippen LogP contribution in [0.4, 0.5) is 5.95 Å². The van der Waals surface area contributed by atoms with Gasteiger partial charge < -0.3 is 4.57 Å². The summed E-state index contributed by atoms with van der Waals surface area (Å²) >= 11 is 0. The minimum atomic E-state index is -0.264. The molecule has 0 radical (unpaired) electrons. The van der Waals surface area contributed by atoms with Gasteiger partial charge in [0.15, 0.2) is 0 Å². The number of hydrogen-bond donors (Lipinski definition) is 1. The van der Waals surface area contributed by atoms with Crippen LogP contribution in [-0.2, 0) is 13.1 Å². The Morgan fingerprint density at radius 1 is 1.26 bits per heavy atom. The van der Waals surface area contributed by atoms with Crippen LogP contribution < -0.4 is 5.32 Å². The zero-order valence-electron chi connectivity index (χ0n) is 12.8. The van der Waals surface area contributed by atoms with E-state index in [9.17, 15) is 4.79 Å². The fourth-order valence-corrected chi connectivity index (χ4v) is 2.20. The van der Waals surface area contributed by atoms with Crippen molar-refractivity contribution in [3.8, 4) is 0 Å². The topological polar surface area (TPSA) is 90.5 Å². The predicted molar refractivity (Wildman–Crippen MR) is 83.8 cm³/mol. The largest absolute Gasteiger partial charge is 0.339 e. The summed E-state index contributed by atoms with van der Waals surface area (Å²) in [5, 5.41) is 14.5. The van der Waals surface area contributed by atoms with Crippen molar-refractivity contribution < 1.29 is 4.79 Å². The molecule has 0 aromatic carbocycles. The van der Waals surface area contributed by atoms with Gasteiger partial charge in [-0.25, -0.2) is 0 Å². The van der Waals surface area contributed by atoms with Crippen LogP contribution >= 0.6 is 0 Å². The Bertz CT molecular complexity index is 778. The molecule has 0 aliphatic carbocycles. The van der Waals surface area contributed by atoms with Crippen LogP contribution in [0, 0.1) is 0 Å². The van der Waals surface area contributed by atoms with Crippen LogP contribution in [0.3, 0.4) is 0 Å². The monoisotopic (exact) mass is 311 g/mol. The van der Waals surface area contributed by atoms with Crippen molar-refractivity contribution in [3.63, 3.8) is 0 Å². The molecule has 23 heavy (non-hydrogen) atoms. The summed E-state index contributed by atoms with van der Waals surface area (Å²) in [6.07, 6.45) is 6.22. The molecule has 3 aromatic rings. The van der Waals surface area contributed by atoms with Crippen LogP contribution in [0.25, 0.3) is 0 Å². The second-order valence-corrected chi connectivity index (χ2v) is 5.04. The van der Waals surface area contributed by atoms with E-state index in [2.05, 4.69) is 25.7 Å². The summed E-state index contributed by atoms with van der Waals surface area (Å²) in [4.78, 5) is 17.8. The Hall–Kier alpha value is -3.03. The quantitative estimate of drug-likeness (QED) is 0.746. The number of tetrazole rings is 1. The number of aryl methyl sites for hydroxylation is 1. The number of anilines is 1. The molecule has 0 saturated carbocycles. The molecule has 0 fully saturated rings. The molecule has 3 heterocycles. The Kier molecular flexibility index (Phi) is 4.41. The summed E-state index contributed by atoms with van der Waals surface area (Å²) in [6.45, 7) is 3.28. The SMILES string of the molecule is CCCn1nnc(NC(=O)c2cccn2Cc2ccncc2)n1. The molecule has 8 nitrogen and oxygen atoms in total. The van der Waals surface area contributed by atoms with Crippen LogP contribution in [0.2, 0.25) is 0 Å². The van der Waals surface area contributed by atoms with Gasteiger partial charge in [0.25, 0.3) is 11.9 Å². The average Bonchev–Trinajstić information content (AvgIpc) is 3.18. The molecule has 3 rings (SSSR count). The van der Waals surface area contributed by atoms with Crippen molar-refractivity contribution in [1.29, 1.82) is 0 Å². The van der Waals surface area contributed by atoms with E-state index in [1.165, 1.54) is 4.80 Å². The number of amides is 1. The molecule has 0 spiro atoms. The van der Waals surface area contributed by atoms with Gasteiger partial charge in [0.05, 0.1) is 6.54 Å². The molecule has 0 atom stereocenters. The lowest BCUT2D eigenvalue weighted by molar-refractivity contribution is 0.101. The number of carbonyl (C=O) groups is 1. The molecule has 1 N–H and O–H groups in total. The number of pyridine rings is 1. The molecule has 0 unspecified atom stereocenters. The average molecular weight is 311 g/mol. The van der Waals surface area contributed by atoms with Gasteiger partial charge in [0, 0.05) is 25.1 Å². The van der Waals surface area contributed by atoms with Gasteiger partial charge in [-0.1, -0.05) is 12.0 Å². The summed E-state index contributed by atoms with van der Waals surface area (Å²) in [6, 6.07) is 7.42. The second-order valence-electron chi connectivity index (χ2n) is 5.04. The summed E-state index contributed by atoms with van der Waals surface area (Å²) < 4.78 is 1.86. The van der Waals surface area contributed by atoms with Crippen LogP contribution in [0.5, 0.6) is 0 Å². The lowest BCUT2D eigenvalue weighted by atomic mass is 10.2. The smallest absolute Gasteiger partial charge is 0.274 e. The van der Waals surface area contributed by atoms with Crippen molar-refractivity contribution in [3.05, 3.63) is 54.1 Å². The van der Waals surface area contributed by atoms with Gasteiger partial charge in [-0.05, 0) is 41.5 Å². The zero-order valence-corrected chi connectivity index (χ0v) is 12.8. The molecule has 0 aliphatic heterocycles. The molecule has 118 valence electrons. The molecule has 0 saturated heterocycles. The van der Waals surface area contributed by atoms with Gasteiger partial charge in [-0.15, -0.1) is 5.10 Å². The molecule has 1 amide bonds. The number of nitrogens with one attached hydrogen (secondary N) is 1. The third-order valence-electron chi connectivity index (χ3n) is 3.27. The van der Waals surface area contributed by atoms with Gasteiger partial charge in [0.1, 0.15) is 5.69 Å². The van der Waals surface area contributed by atoms with E-state index in [4.69, 9.17) is 0 Å². The number of carbonyl (C=O) groups excluding carboxylic acids is 1. The first-order valence-electron chi connectivity index (χ1n) is 7.39. The number of rotatable bonds is 6. The second kappa shape index (κ2) is 6.82. The van der Waals surface area contributed by atoms with E-state index in [1.807, 2.05) is 35.9 Å². The third-order valence-corrected chi connectivity index (χ3v) is 3.27. The highest BCUT2D eigenvalue weighted by molar-refractivity contribution is 6.02.